The molecule has 0 aliphatic carbocycles. The Morgan fingerprint density at radius 3 is 1.95 bits per heavy atom. The van der Waals surface area contributed by atoms with E-state index in [0.29, 0.717) is 21.4 Å². The topological polar surface area (TPSA) is 104 Å². The van der Waals surface area contributed by atoms with Crippen LogP contribution < -0.4 is 14.8 Å². The van der Waals surface area contributed by atoms with Crippen LogP contribution in [0, 0.1) is 19.3 Å². The number of esters is 2. The minimum Gasteiger partial charge on any atom is -0.493 e. The quantitative estimate of drug-likeness (QED) is 0.213. The Balaban J connectivity index is 1.92. The number of nitrogens with zero attached hydrogens (tertiary/aromatic N) is 1. The van der Waals surface area contributed by atoms with Crippen molar-refractivity contribution in [1.82, 2.24) is 10.3 Å². The maximum Gasteiger partial charge on any atom is 0.333 e. The molecule has 1 amide bonds. The number of allylic oxidation sites excluding steroid dienone is 1. The van der Waals surface area contributed by atoms with E-state index in [0.717, 1.165) is 22.3 Å². The smallest absolute Gasteiger partial charge is 0.333 e. The summed E-state index contributed by atoms with van der Waals surface area (Å²) in [5, 5.41) is 3.79. The first kappa shape index (κ1) is 32.6. The predicted octanol–water partition coefficient (Wildman–Crippen LogP) is 7.11. The predicted molar refractivity (Wildman–Crippen MR) is 163 cm³/mol. The number of aromatic nitrogens is 1. The van der Waals surface area contributed by atoms with E-state index in [2.05, 4.69) is 10.3 Å². The zero-order valence-corrected chi connectivity index (χ0v) is 26.4. The molecule has 1 aromatic heterocycles. The Labute approximate surface area is 256 Å². The van der Waals surface area contributed by atoms with Crippen LogP contribution in [-0.2, 0) is 14.3 Å². The van der Waals surface area contributed by atoms with Gasteiger partial charge in [0.25, 0.3) is 5.91 Å². The molecular weight excluding hydrogens is 579 g/mol. The summed E-state index contributed by atoms with van der Waals surface area (Å²) >= 11 is 12.5. The van der Waals surface area contributed by atoms with Crippen LogP contribution in [0.15, 0.2) is 54.4 Å². The third-order valence-electron chi connectivity index (χ3n) is 6.31. The minimum atomic E-state index is -1.09. The van der Waals surface area contributed by atoms with Crippen LogP contribution >= 0.6 is 23.2 Å². The highest BCUT2D eigenvalue weighted by molar-refractivity contribution is 6.31. The molecule has 0 spiro atoms. The SMILES string of the molecule is COc1ccnc(C(=O)N[C@@H](C)C(=O)OC(C)=C(c2ccc(Cl)c(C)c2)c2ccc(Cl)c(C)c2)c1OC(=O)C(C)(C)C. The van der Waals surface area contributed by atoms with E-state index in [-0.39, 0.29) is 17.2 Å². The van der Waals surface area contributed by atoms with Crippen LogP contribution in [0.3, 0.4) is 0 Å². The molecule has 8 nitrogen and oxygen atoms in total. The number of carbonyl (C=O) groups excluding carboxylic acids is 3. The molecule has 2 aromatic carbocycles. The largest absolute Gasteiger partial charge is 0.493 e. The highest BCUT2D eigenvalue weighted by Crippen LogP contribution is 2.33. The molecular formula is C32H34Cl2N2O6. The summed E-state index contributed by atoms with van der Waals surface area (Å²) in [6.45, 7) is 11.9. The van der Waals surface area contributed by atoms with Crippen molar-refractivity contribution in [2.24, 2.45) is 5.41 Å². The van der Waals surface area contributed by atoms with Gasteiger partial charge in [-0.15, -0.1) is 0 Å². The van der Waals surface area contributed by atoms with E-state index in [4.69, 9.17) is 37.4 Å². The number of hydrogen-bond donors (Lipinski definition) is 1. The van der Waals surface area contributed by atoms with Crippen LogP contribution in [0.2, 0.25) is 10.0 Å². The summed E-state index contributed by atoms with van der Waals surface area (Å²) in [6, 6.07) is 11.4. The summed E-state index contributed by atoms with van der Waals surface area (Å²) in [4.78, 5) is 43.1. The molecule has 0 unspecified atom stereocenters. The maximum absolute atomic E-state index is 13.2. The number of carbonyl (C=O) groups is 3. The second kappa shape index (κ2) is 13.4. The number of benzene rings is 2. The highest BCUT2D eigenvalue weighted by atomic mass is 35.5. The number of aryl methyl sites for hydroxylation is 2. The van der Waals surface area contributed by atoms with Gasteiger partial charge in [0, 0.05) is 27.9 Å². The second-order valence-electron chi connectivity index (χ2n) is 10.8. The van der Waals surface area contributed by atoms with Crippen molar-refractivity contribution in [3.63, 3.8) is 0 Å². The van der Waals surface area contributed by atoms with Gasteiger partial charge in [-0.3, -0.25) is 9.59 Å². The van der Waals surface area contributed by atoms with Crippen LogP contribution in [0.4, 0.5) is 0 Å². The maximum atomic E-state index is 13.2. The highest BCUT2D eigenvalue weighted by Gasteiger charge is 2.30. The van der Waals surface area contributed by atoms with Gasteiger partial charge in [0.2, 0.25) is 5.75 Å². The first-order chi connectivity index (χ1) is 19.6. The van der Waals surface area contributed by atoms with Crippen LogP contribution in [-0.4, -0.2) is 36.0 Å². The lowest BCUT2D eigenvalue weighted by molar-refractivity contribution is -0.143. The number of rotatable bonds is 8. The lowest BCUT2D eigenvalue weighted by atomic mass is 9.94. The molecule has 1 heterocycles. The van der Waals surface area contributed by atoms with Gasteiger partial charge in [0.1, 0.15) is 11.8 Å². The molecule has 0 saturated heterocycles. The van der Waals surface area contributed by atoms with Gasteiger partial charge in [0.15, 0.2) is 11.4 Å². The third kappa shape index (κ3) is 7.69. The molecule has 0 fully saturated rings. The first-order valence-corrected chi connectivity index (χ1v) is 13.9. The standard InChI is InChI=1S/C32H34Cl2N2O6/c1-17-15-21(9-11-23(17)33)26(22-10-12-24(34)18(2)16-22)20(4)41-30(38)19(3)36-29(37)27-28(25(40-8)13-14-35-27)42-31(39)32(5,6)7/h9-16,19H,1-8H3,(H,36,37)/t19-/m0/s1. The van der Waals surface area contributed by atoms with Crippen LogP contribution in [0.1, 0.15) is 67.4 Å². The van der Waals surface area contributed by atoms with Crippen LogP contribution in [0.25, 0.3) is 5.57 Å². The third-order valence-corrected chi connectivity index (χ3v) is 7.16. The van der Waals surface area contributed by atoms with Crippen molar-refractivity contribution in [3.8, 4) is 11.5 Å². The number of ether oxygens (including phenoxy) is 3. The summed E-state index contributed by atoms with van der Waals surface area (Å²) in [6.07, 6.45) is 1.34. The number of methoxy groups -OCH3 is 1. The van der Waals surface area contributed by atoms with Crippen molar-refractivity contribution >= 4 is 46.6 Å². The van der Waals surface area contributed by atoms with E-state index in [1.807, 2.05) is 38.1 Å². The molecule has 10 heteroatoms. The Bertz CT molecular complexity index is 1510. The Morgan fingerprint density at radius 1 is 0.929 bits per heavy atom. The fraction of sp³-hybridized carbons (Fsp3) is 0.312. The van der Waals surface area contributed by atoms with E-state index in [9.17, 15) is 14.4 Å². The molecule has 1 atom stereocenters. The summed E-state index contributed by atoms with van der Waals surface area (Å²) in [7, 11) is 1.38. The summed E-state index contributed by atoms with van der Waals surface area (Å²) < 4.78 is 16.6. The molecule has 42 heavy (non-hydrogen) atoms. The van der Waals surface area contributed by atoms with Gasteiger partial charge in [-0.05, 0) is 95.0 Å². The molecule has 0 bridgehead atoms. The van der Waals surface area contributed by atoms with Gasteiger partial charge in [-0.2, -0.15) is 0 Å². The van der Waals surface area contributed by atoms with Gasteiger partial charge in [0.05, 0.1) is 12.5 Å². The Hall–Kier alpha value is -3.88. The summed E-state index contributed by atoms with van der Waals surface area (Å²) in [5.74, 6) is -1.75. The van der Waals surface area contributed by atoms with Gasteiger partial charge < -0.3 is 19.5 Å². The minimum absolute atomic E-state index is 0.142. The Kier molecular flexibility index (Phi) is 10.4. The number of pyridine rings is 1. The van der Waals surface area contributed by atoms with E-state index in [1.165, 1.54) is 26.3 Å². The molecule has 0 saturated carbocycles. The number of hydrogen-bond acceptors (Lipinski definition) is 7. The van der Waals surface area contributed by atoms with E-state index in [1.54, 1.807) is 39.8 Å². The molecule has 0 aliphatic heterocycles. The van der Waals surface area contributed by atoms with Crippen LogP contribution in [0.5, 0.6) is 11.5 Å². The molecule has 3 rings (SSSR count). The van der Waals surface area contributed by atoms with Gasteiger partial charge in [-0.1, -0.05) is 35.3 Å². The van der Waals surface area contributed by atoms with Crippen molar-refractivity contribution in [2.45, 2.75) is 54.5 Å². The van der Waals surface area contributed by atoms with Crippen molar-refractivity contribution in [1.29, 1.82) is 0 Å². The molecule has 1 N–H and O–H groups in total. The Morgan fingerprint density at radius 2 is 1.48 bits per heavy atom. The molecule has 3 aromatic rings. The molecule has 0 radical (unpaired) electrons. The normalized spacial score (nSPS) is 11.8. The fourth-order valence-electron chi connectivity index (χ4n) is 3.89. The zero-order chi connectivity index (χ0) is 31.4. The number of amides is 1. The zero-order valence-electron chi connectivity index (χ0n) is 24.8. The second-order valence-corrected chi connectivity index (χ2v) is 11.6. The van der Waals surface area contributed by atoms with E-state index >= 15 is 0 Å². The number of halogens is 2. The summed E-state index contributed by atoms with van der Waals surface area (Å²) in [5.41, 5.74) is 2.87. The van der Waals surface area contributed by atoms with Crippen molar-refractivity contribution < 1.29 is 28.6 Å². The average Bonchev–Trinajstić information content (AvgIpc) is 2.92. The average molecular weight is 614 g/mol. The molecule has 0 aliphatic rings. The monoisotopic (exact) mass is 612 g/mol. The fourth-order valence-corrected chi connectivity index (χ4v) is 4.12. The first-order valence-electron chi connectivity index (χ1n) is 13.2. The molecule has 222 valence electrons. The van der Waals surface area contributed by atoms with Gasteiger partial charge in [-0.25, -0.2) is 9.78 Å². The van der Waals surface area contributed by atoms with Crippen molar-refractivity contribution in [3.05, 3.63) is 92.4 Å². The van der Waals surface area contributed by atoms with Crippen molar-refractivity contribution in [2.75, 3.05) is 7.11 Å². The van der Waals surface area contributed by atoms with E-state index < -0.39 is 29.3 Å². The van der Waals surface area contributed by atoms with Gasteiger partial charge >= 0.3 is 11.9 Å². The lowest BCUT2D eigenvalue weighted by Gasteiger charge is -2.20. The number of nitrogens with one attached hydrogen (secondary N) is 1. The lowest BCUT2D eigenvalue weighted by Crippen LogP contribution is -2.40.